The van der Waals surface area contributed by atoms with Crippen LogP contribution in [0.1, 0.15) is 24.1 Å². The molecule has 5 rings (SSSR count). The number of aryl methyl sites for hydroxylation is 1. The SMILES string of the molecule is Cn1cc(-c2ccnc3c2CN(C(=O)C2CCOCC2)C3)c(-c2ccc(F)cc2)n1. The molecule has 1 saturated heterocycles. The van der Waals surface area contributed by atoms with E-state index in [1.807, 2.05) is 24.2 Å². The Morgan fingerprint density at radius 2 is 1.87 bits per heavy atom. The summed E-state index contributed by atoms with van der Waals surface area (Å²) in [5, 5.41) is 4.62. The fraction of sp³-hybridized carbons (Fsp3) is 0.348. The second kappa shape index (κ2) is 7.65. The zero-order chi connectivity index (χ0) is 20.7. The van der Waals surface area contributed by atoms with Crippen molar-refractivity contribution in [1.29, 1.82) is 0 Å². The van der Waals surface area contributed by atoms with Crippen LogP contribution in [0.5, 0.6) is 0 Å². The summed E-state index contributed by atoms with van der Waals surface area (Å²) in [5.74, 6) is -0.0554. The van der Waals surface area contributed by atoms with Crippen molar-refractivity contribution in [1.82, 2.24) is 19.7 Å². The molecule has 3 aromatic rings. The van der Waals surface area contributed by atoms with Gasteiger partial charge in [-0.05, 0) is 48.7 Å². The average Bonchev–Trinajstić information content (AvgIpc) is 3.38. The highest BCUT2D eigenvalue weighted by atomic mass is 19.1. The normalized spacial score (nSPS) is 16.7. The number of fused-ring (bicyclic) bond motifs is 1. The molecule has 6 nitrogen and oxygen atoms in total. The van der Waals surface area contributed by atoms with Gasteiger partial charge in [0, 0.05) is 61.8 Å². The smallest absolute Gasteiger partial charge is 0.226 e. The quantitative estimate of drug-likeness (QED) is 0.667. The molecule has 1 aromatic carbocycles. The van der Waals surface area contributed by atoms with E-state index in [4.69, 9.17) is 4.74 Å². The van der Waals surface area contributed by atoms with E-state index in [1.165, 1.54) is 12.1 Å². The fourth-order valence-electron chi connectivity index (χ4n) is 4.39. The second-order valence-electron chi connectivity index (χ2n) is 7.94. The van der Waals surface area contributed by atoms with Gasteiger partial charge >= 0.3 is 0 Å². The molecule has 0 unspecified atom stereocenters. The Bertz CT molecular complexity index is 1090. The minimum atomic E-state index is -0.275. The number of pyridine rings is 1. The van der Waals surface area contributed by atoms with Crippen molar-refractivity contribution >= 4 is 5.91 Å². The molecule has 1 amide bonds. The van der Waals surface area contributed by atoms with E-state index in [0.717, 1.165) is 46.5 Å². The van der Waals surface area contributed by atoms with Crippen molar-refractivity contribution in [2.45, 2.75) is 25.9 Å². The molecule has 2 aromatic heterocycles. The molecule has 30 heavy (non-hydrogen) atoms. The Kier molecular flexibility index (Phi) is 4.83. The van der Waals surface area contributed by atoms with Crippen molar-refractivity contribution < 1.29 is 13.9 Å². The van der Waals surface area contributed by atoms with Gasteiger partial charge in [-0.15, -0.1) is 0 Å². The molecule has 154 valence electrons. The third-order valence-corrected chi connectivity index (χ3v) is 5.95. The first-order chi connectivity index (χ1) is 14.6. The van der Waals surface area contributed by atoms with E-state index in [2.05, 4.69) is 10.1 Å². The highest BCUT2D eigenvalue weighted by Crippen LogP contribution is 2.37. The molecule has 0 saturated carbocycles. The molecular weight excluding hydrogens is 383 g/mol. The average molecular weight is 406 g/mol. The Morgan fingerprint density at radius 3 is 2.63 bits per heavy atom. The van der Waals surface area contributed by atoms with Crippen molar-refractivity contribution in [3.8, 4) is 22.4 Å². The van der Waals surface area contributed by atoms with E-state index >= 15 is 0 Å². The van der Waals surface area contributed by atoms with Crippen LogP contribution in [0.15, 0.2) is 42.7 Å². The number of hydrogen-bond acceptors (Lipinski definition) is 4. The molecular formula is C23H23FN4O2. The molecule has 2 aliphatic heterocycles. The Morgan fingerprint density at radius 1 is 1.10 bits per heavy atom. The number of nitrogens with zero attached hydrogens (tertiary/aromatic N) is 4. The number of benzene rings is 1. The minimum absolute atomic E-state index is 0.0321. The molecule has 7 heteroatoms. The van der Waals surface area contributed by atoms with Crippen LogP contribution >= 0.6 is 0 Å². The Hall–Kier alpha value is -3.06. The van der Waals surface area contributed by atoms with Gasteiger partial charge < -0.3 is 9.64 Å². The van der Waals surface area contributed by atoms with Crippen LogP contribution in [0.25, 0.3) is 22.4 Å². The molecule has 1 fully saturated rings. The fourth-order valence-corrected chi connectivity index (χ4v) is 4.39. The van der Waals surface area contributed by atoms with E-state index < -0.39 is 0 Å². The van der Waals surface area contributed by atoms with Crippen LogP contribution in [0, 0.1) is 11.7 Å². The number of aromatic nitrogens is 3. The maximum absolute atomic E-state index is 13.4. The van der Waals surface area contributed by atoms with Crippen molar-refractivity contribution in [2.75, 3.05) is 13.2 Å². The Labute approximate surface area is 174 Å². The topological polar surface area (TPSA) is 60.2 Å². The zero-order valence-electron chi connectivity index (χ0n) is 16.8. The van der Waals surface area contributed by atoms with Crippen LogP contribution in [0.4, 0.5) is 4.39 Å². The molecule has 0 radical (unpaired) electrons. The van der Waals surface area contributed by atoms with E-state index in [1.54, 1.807) is 23.0 Å². The summed E-state index contributed by atoms with van der Waals surface area (Å²) in [6.07, 6.45) is 5.32. The number of ether oxygens (including phenoxy) is 1. The van der Waals surface area contributed by atoms with Gasteiger partial charge in [0.25, 0.3) is 0 Å². The van der Waals surface area contributed by atoms with E-state index in [0.29, 0.717) is 26.3 Å². The lowest BCUT2D eigenvalue weighted by molar-refractivity contribution is -0.139. The van der Waals surface area contributed by atoms with Crippen molar-refractivity contribution in [3.63, 3.8) is 0 Å². The largest absolute Gasteiger partial charge is 0.381 e. The first-order valence-electron chi connectivity index (χ1n) is 10.2. The molecule has 0 N–H and O–H groups in total. The monoisotopic (exact) mass is 406 g/mol. The van der Waals surface area contributed by atoms with Crippen LogP contribution in [0.3, 0.4) is 0 Å². The molecule has 0 bridgehead atoms. The van der Waals surface area contributed by atoms with Gasteiger partial charge in [0.15, 0.2) is 0 Å². The van der Waals surface area contributed by atoms with Gasteiger partial charge in [-0.1, -0.05) is 0 Å². The summed E-state index contributed by atoms with van der Waals surface area (Å²) in [7, 11) is 1.87. The molecule has 4 heterocycles. The third-order valence-electron chi connectivity index (χ3n) is 5.95. The predicted octanol–water partition coefficient (Wildman–Crippen LogP) is 3.56. The summed E-state index contributed by atoms with van der Waals surface area (Å²) in [6, 6.07) is 8.34. The molecule has 0 aliphatic carbocycles. The molecule has 2 aliphatic rings. The van der Waals surface area contributed by atoms with E-state index in [-0.39, 0.29) is 17.6 Å². The van der Waals surface area contributed by atoms with Crippen LogP contribution in [-0.2, 0) is 29.7 Å². The number of carbonyl (C=O) groups excluding carboxylic acids is 1. The number of hydrogen-bond donors (Lipinski definition) is 0. The van der Waals surface area contributed by atoms with Gasteiger partial charge in [-0.25, -0.2) is 4.39 Å². The predicted molar refractivity (Wildman–Crippen MR) is 110 cm³/mol. The van der Waals surface area contributed by atoms with Crippen LogP contribution in [-0.4, -0.2) is 38.8 Å². The van der Waals surface area contributed by atoms with E-state index in [9.17, 15) is 9.18 Å². The van der Waals surface area contributed by atoms with Gasteiger partial charge in [-0.2, -0.15) is 5.10 Å². The highest BCUT2D eigenvalue weighted by molar-refractivity contribution is 5.84. The second-order valence-corrected chi connectivity index (χ2v) is 7.94. The summed E-state index contributed by atoms with van der Waals surface area (Å²) < 4.78 is 20.6. The lowest BCUT2D eigenvalue weighted by atomic mass is 9.97. The maximum Gasteiger partial charge on any atom is 0.226 e. The van der Waals surface area contributed by atoms with Gasteiger partial charge in [0.05, 0.1) is 12.2 Å². The summed E-state index contributed by atoms with van der Waals surface area (Å²) >= 11 is 0. The minimum Gasteiger partial charge on any atom is -0.381 e. The highest BCUT2D eigenvalue weighted by Gasteiger charge is 2.32. The first kappa shape index (κ1) is 18.9. The molecule has 0 atom stereocenters. The number of carbonyl (C=O) groups is 1. The number of rotatable bonds is 3. The van der Waals surface area contributed by atoms with Crippen molar-refractivity contribution in [3.05, 3.63) is 59.8 Å². The van der Waals surface area contributed by atoms with Crippen LogP contribution < -0.4 is 0 Å². The first-order valence-corrected chi connectivity index (χ1v) is 10.2. The number of halogens is 1. The van der Waals surface area contributed by atoms with Crippen LogP contribution in [0.2, 0.25) is 0 Å². The molecule has 0 spiro atoms. The van der Waals surface area contributed by atoms with Crippen molar-refractivity contribution in [2.24, 2.45) is 13.0 Å². The van der Waals surface area contributed by atoms with Gasteiger partial charge in [0.1, 0.15) is 11.5 Å². The lowest BCUT2D eigenvalue weighted by Crippen LogP contribution is -2.35. The van der Waals surface area contributed by atoms with Gasteiger partial charge in [-0.3, -0.25) is 14.5 Å². The Balaban J connectivity index is 1.49. The summed E-state index contributed by atoms with van der Waals surface area (Å²) in [6.45, 7) is 2.38. The summed E-state index contributed by atoms with van der Waals surface area (Å²) in [4.78, 5) is 19.5. The summed E-state index contributed by atoms with van der Waals surface area (Å²) in [5.41, 5.74) is 5.62. The van der Waals surface area contributed by atoms with Gasteiger partial charge in [0.2, 0.25) is 5.91 Å². The maximum atomic E-state index is 13.4. The lowest BCUT2D eigenvalue weighted by Gasteiger charge is -2.26. The number of amides is 1. The standard InChI is InChI=1S/C23H23FN4O2/c1-27-12-20(22(26-27)15-2-4-17(24)5-3-15)18-6-9-25-21-14-28(13-19(18)21)23(29)16-7-10-30-11-8-16/h2-6,9,12,16H,7-8,10-11,13-14H2,1H3. The zero-order valence-corrected chi connectivity index (χ0v) is 16.8. The third kappa shape index (κ3) is 3.39.